The van der Waals surface area contributed by atoms with Crippen LogP contribution in [0.15, 0.2) is 18.2 Å². The third-order valence-corrected chi connectivity index (χ3v) is 3.29. The standard InChI is InChI=1S/C16H20O5/c1-10(2)15(17)19-11(3)20-16(18)21-14-8-7-12-5-4-6-13(12)9-14/h7-11H,4-6H2,1-3H3. The van der Waals surface area contributed by atoms with E-state index in [1.54, 1.807) is 19.9 Å². The predicted molar refractivity (Wildman–Crippen MR) is 76.0 cm³/mol. The Balaban J connectivity index is 1.85. The molecule has 0 fully saturated rings. The molecule has 0 N–H and O–H groups in total. The normalized spacial score (nSPS) is 14.5. The van der Waals surface area contributed by atoms with E-state index >= 15 is 0 Å². The van der Waals surface area contributed by atoms with Crippen molar-refractivity contribution in [1.29, 1.82) is 0 Å². The maximum absolute atomic E-state index is 11.6. The van der Waals surface area contributed by atoms with Gasteiger partial charge in [-0.3, -0.25) is 4.79 Å². The minimum Gasteiger partial charge on any atom is -0.425 e. The molecule has 2 rings (SSSR count). The largest absolute Gasteiger partial charge is 0.516 e. The lowest BCUT2D eigenvalue weighted by Gasteiger charge is -2.15. The Morgan fingerprint density at radius 3 is 2.48 bits per heavy atom. The van der Waals surface area contributed by atoms with E-state index in [4.69, 9.17) is 14.2 Å². The minimum atomic E-state index is -0.971. The molecular formula is C16H20O5. The topological polar surface area (TPSA) is 61.8 Å². The smallest absolute Gasteiger partial charge is 0.425 e. The molecule has 1 aliphatic rings. The molecule has 1 atom stereocenters. The van der Waals surface area contributed by atoms with Gasteiger partial charge in [-0.2, -0.15) is 0 Å². The summed E-state index contributed by atoms with van der Waals surface area (Å²) in [5.41, 5.74) is 2.51. The quantitative estimate of drug-likeness (QED) is 0.484. The molecule has 5 nitrogen and oxygen atoms in total. The maximum atomic E-state index is 11.6. The van der Waals surface area contributed by atoms with Crippen molar-refractivity contribution in [2.45, 2.75) is 46.3 Å². The number of carbonyl (C=O) groups is 2. The van der Waals surface area contributed by atoms with E-state index in [0.717, 1.165) is 19.3 Å². The molecule has 0 heterocycles. The van der Waals surface area contributed by atoms with Gasteiger partial charge in [0.25, 0.3) is 0 Å². The highest BCUT2D eigenvalue weighted by Gasteiger charge is 2.18. The molecule has 0 saturated carbocycles. The minimum absolute atomic E-state index is 0.274. The number of hydrogen-bond donors (Lipinski definition) is 0. The second-order valence-electron chi connectivity index (χ2n) is 5.41. The lowest BCUT2D eigenvalue weighted by Crippen LogP contribution is -2.25. The molecular weight excluding hydrogens is 272 g/mol. The average Bonchev–Trinajstić information content (AvgIpc) is 2.85. The zero-order valence-corrected chi connectivity index (χ0v) is 12.5. The van der Waals surface area contributed by atoms with E-state index in [1.165, 1.54) is 18.1 Å². The van der Waals surface area contributed by atoms with Gasteiger partial charge in [-0.25, -0.2) is 4.79 Å². The second kappa shape index (κ2) is 6.61. The van der Waals surface area contributed by atoms with Crippen molar-refractivity contribution in [3.05, 3.63) is 29.3 Å². The van der Waals surface area contributed by atoms with Crippen molar-refractivity contribution in [2.24, 2.45) is 5.92 Å². The molecule has 1 aromatic carbocycles. The van der Waals surface area contributed by atoms with Crippen molar-refractivity contribution in [2.75, 3.05) is 0 Å². The van der Waals surface area contributed by atoms with Gasteiger partial charge in [-0.1, -0.05) is 19.9 Å². The van der Waals surface area contributed by atoms with Gasteiger partial charge in [0.1, 0.15) is 5.75 Å². The first-order valence-corrected chi connectivity index (χ1v) is 7.16. The molecule has 0 aromatic heterocycles. The van der Waals surface area contributed by atoms with Crippen LogP contribution < -0.4 is 4.74 Å². The Hall–Kier alpha value is -2.04. The van der Waals surface area contributed by atoms with Crippen LogP contribution in [0.5, 0.6) is 5.75 Å². The molecule has 0 radical (unpaired) electrons. The number of fused-ring (bicyclic) bond motifs is 1. The van der Waals surface area contributed by atoms with Gasteiger partial charge < -0.3 is 14.2 Å². The Morgan fingerprint density at radius 1 is 1.05 bits per heavy atom. The third-order valence-electron chi connectivity index (χ3n) is 3.29. The number of rotatable bonds is 4. The zero-order valence-electron chi connectivity index (χ0n) is 12.5. The molecule has 1 unspecified atom stereocenters. The van der Waals surface area contributed by atoms with Crippen molar-refractivity contribution >= 4 is 12.1 Å². The van der Waals surface area contributed by atoms with Gasteiger partial charge in [0.05, 0.1) is 5.92 Å². The molecule has 0 bridgehead atoms. The monoisotopic (exact) mass is 292 g/mol. The third kappa shape index (κ3) is 4.21. The zero-order chi connectivity index (χ0) is 15.4. The summed E-state index contributed by atoms with van der Waals surface area (Å²) < 4.78 is 14.9. The fourth-order valence-corrected chi connectivity index (χ4v) is 2.19. The highest BCUT2D eigenvalue weighted by molar-refractivity contribution is 5.72. The maximum Gasteiger partial charge on any atom is 0.516 e. The van der Waals surface area contributed by atoms with Crippen LogP contribution >= 0.6 is 0 Å². The number of hydrogen-bond acceptors (Lipinski definition) is 5. The van der Waals surface area contributed by atoms with Gasteiger partial charge >= 0.3 is 12.1 Å². The summed E-state index contributed by atoms with van der Waals surface area (Å²) >= 11 is 0. The molecule has 0 saturated heterocycles. The van der Waals surface area contributed by atoms with Crippen LogP contribution in [0, 0.1) is 5.92 Å². The molecule has 0 amide bonds. The van der Waals surface area contributed by atoms with E-state index in [9.17, 15) is 9.59 Å². The summed E-state index contributed by atoms with van der Waals surface area (Å²) in [6, 6.07) is 5.57. The Bertz CT molecular complexity index is 535. The van der Waals surface area contributed by atoms with Gasteiger partial charge in [0, 0.05) is 6.92 Å². The summed E-state index contributed by atoms with van der Waals surface area (Å²) in [5.74, 6) is -0.250. The van der Waals surface area contributed by atoms with Crippen molar-refractivity contribution < 1.29 is 23.8 Å². The van der Waals surface area contributed by atoms with Crippen molar-refractivity contribution in [3.8, 4) is 5.75 Å². The van der Waals surface area contributed by atoms with E-state index in [1.807, 2.05) is 12.1 Å². The van der Waals surface area contributed by atoms with Gasteiger partial charge in [0.15, 0.2) is 0 Å². The van der Waals surface area contributed by atoms with E-state index < -0.39 is 18.4 Å². The molecule has 1 aliphatic carbocycles. The van der Waals surface area contributed by atoms with Crippen LogP contribution in [0.1, 0.15) is 38.3 Å². The first-order chi connectivity index (χ1) is 9.95. The van der Waals surface area contributed by atoms with Crippen molar-refractivity contribution in [1.82, 2.24) is 0 Å². The highest BCUT2D eigenvalue weighted by atomic mass is 16.8. The van der Waals surface area contributed by atoms with Gasteiger partial charge in [0.2, 0.25) is 6.29 Å². The number of benzene rings is 1. The van der Waals surface area contributed by atoms with Crippen LogP contribution in [0.25, 0.3) is 0 Å². The molecule has 5 heteroatoms. The Labute approximate surface area is 124 Å². The highest BCUT2D eigenvalue weighted by Crippen LogP contribution is 2.26. The number of aryl methyl sites for hydroxylation is 2. The van der Waals surface area contributed by atoms with E-state index in [-0.39, 0.29) is 5.92 Å². The fraction of sp³-hybridized carbons (Fsp3) is 0.500. The number of esters is 1. The first kappa shape index (κ1) is 15.4. The summed E-state index contributed by atoms with van der Waals surface area (Å²) in [6.07, 6.45) is 1.36. The average molecular weight is 292 g/mol. The SMILES string of the molecule is CC(OC(=O)Oc1ccc2c(c1)CCC2)OC(=O)C(C)C. The molecule has 1 aromatic rings. The van der Waals surface area contributed by atoms with Crippen LogP contribution in [0.3, 0.4) is 0 Å². The summed E-state index contributed by atoms with van der Waals surface area (Å²) in [7, 11) is 0. The summed E-state index contributed by atoms with van der Waals surface area (Å²) in [6.45, 7) is 4.89. The Morgan fingerprint density at radius 2 is 1.76 bits per heavy atom. The van der Waals surface area contributed by atoms with Crippen LogP contribution in [-0.4, -0.2) is 18.4 Å². The molecule has 0 spiro atoms. The fourth-order valence-electron chi connectivity index (χ4n) is 2.19. The summed E-state index contributed by atoms with van der Waals surface area (Å²) in [5, 5.41) is 0. The van der Waals surface area contributed by atoms with Crippen LogP contribution in [-0.2, 0) is 27.1 Å². The number of ether oxygens (including phenoxy) is 3. The first-order valence-electron chi connectivity index (χ1n) is 7.16. The van der Waals surface area contributed by atoms with E-state index in [0.29, 0.717) is 5.75 Å². The summed E-state index contributed by atoms with van der Waals surface area (Å²) in [4.78, 5) is 23.0. The Kier molecular flexibility index (Phi) is 4.83. The van der Waals surface area contributed by atoms with Crippen LogP contribution in [0.2, 0.25) is 0 Å². The number of carbonyl (C=O) groups excluding carboxylic acids is 2. The lowest BCUT2D eigenvalue weighted by atomic mass is 10.1. The molecule has 0 aliphatic heterocycles. The second-order valence-corrected chi connectivity index (χ2v) is 5.41. The lowest BCUT2D eigenvalue weighted by molar-refractivity contribution is -0.170. The molecule has 114 valence electrons. The molecule has 21 heavy (non-hydrogen) atoms. The van der Waals surface area contributed by atoms with Gasteiger partial charge in [-0.15, -0.1) is 0 Å². The van der Waals surface area contributed by atoms with Crippen molar-refractivity contribution in [3.63, 3.8) is 0 Å². The predicted octanol–water partition coefficient (Wildman–Crippen LogP) is 3.24. The van der Waals surface area contributed by atoms with E-state index in [2.05, 4.69) is 0 Å². The van der Waals surface area contributed by atoms with Gasteiger partial charge in [-0.05, 0) is 42.5 Å². The van der Waals surface area contributed by atoms with Crippen LogP contribution in [0.4, 0.5) is 4.79 Å².